The van der Waals surface area contributed by atoms with Crippen LogP contribution in [0.15, 0.2) is 42.5 Å². The molecule has 2 aliphatic carbocycles. The molecule has 0 N–H and O–H groups in total. The van der Waals surface area contributed by atoms with Gasteiger partial charge in [-0.2, -0.15) is 0 Å². The van der Waals surface area contributed by atoms with Gasteiger partial charge < -0.3 is 0 Å². The fraction of sp³-hybridized carbons (Fsp3) is 0.538. The van der Waals surface area contributed by atoms with Crippen LogP contribution in [0.25, 0.3) is 11.1 Å². The second-order valence-corrected chi connectivity index (χ2v) is 9.05. The lowest BCUT2D eigenvalue weighted by Crippen LogP contribution is -2.25. The third-order valence-electron chi connectivity index (χ3n) is 7.54. The smallest absolute Gasteiger partial charge is 0.159 e. The normalized spacial score (nSPS) is 28.2. The molecule has 0 spiro atoms. The van der Waals surface area contributed by atoms with Crippen LogP contribution in [0.4, 0.5) is 8.78 Å². The molecule has 0 nitrogen and oxygen atoms in total. The summed E-state index contributed by atoms with van der Waals surface area (Å²) in [5.41, 5.74) is 3.08. The standard InChI is InChI=1S/C26H32F2/c1-2-18-3-5-19(6-4-18)20-7-9-21(10-8-20)22-11-13-23(14-12-22)24-15-16-25(27)26(28)17-24/h11-21H,2-10H2,1H3. The van der Waals surface area contributed by atoms with Gasteiger partial charge in [0.1, 0.15) is 0 Å². The van der Waals surface area contributed by atoms with Gasteiger partial charge in [-0.3, -0.25) is 0 Å². The van der Waals surface area contributed by atoms with Crippen LogP contribution in [0.5, 0.6) is 0 Å². The monoisotopic (exact) mass is 382 g/mol. The Bertz CT molecular complexity index is 764. The molecule has 2 aromatic carbocycles. The molecule has 0 heterocycles. The van der Waals surface area contributed by atoms with E-state index in [-0.39, 0.29) is 0 Å². The summed E-state index contributed by atoms with van der Waals surface area (Å²) in [7, 11) is 0. The Labute approximate surface area is 168 Å². The van der Waals surface area contributed by atoms with Gasteiger partial charge in [-0.05, 0) is 91.0 Å². The fourth-order valence-corrected chi connectivity index (χ4v) is 5.62. The molecule has 0 unspecified atom stereocenters. The quantitative estimate of drug-likeness (QED) is 0.501. The maximum atomic E-state index is 13.5. The molecule has 0 radical (unpaired) electrons. The second kappa shape index (κ2) is 8.76. The van der Waals surface area contributed by atoms with Gasteiger partial charge in [-0.15, -0.1) is 0 Å². The molecule has 2 heteroatoms. The summed E-state index contributed by atoms with van der Waals surface area (Å²) < 4.78 is 26.6. The van der Waals surface area contributed by atoms with Gasteiger partial charge in [0.15, 0.2) is 11.6 Å². The summed E-state index contributed by atoms with van der Waals surface area (Å²) >= 11 is 0. The molecular weight excluding hydrogens is 350 g/mol. The zero-order valence-corrected chi connectivity index (χ0v) is 17.0. The van der Waals surface area contributed by atoms with E-state index in [4.69, 9.17) is 0 Å². The third kappa shape index (κ3) is 4.31. The Morgan fingerprint density at radius 2 is 1.25 bits per heavy atom. The Morgan fingerprint density at radius 3 is 1.82 bits per heavy atom. The van der Waals surface area contributed by atoms with Gasteiger partial charge in [-0.1, -0.05) is 56.5 Å². The minimum Gasteiger partial charge on any atom is -0.204 e. The zero-order valence-electron chi connectivity index (χ0n) is 17.0. The summed E-state index contributed by atoms with van der Waals surface area (Å²) in [5, 5.41) is 0. The van der Waals surface area contributed by atoms with Crippen molar-refractivity contribution < 1.29 is 8.78 Å². The predicted molar refractivity (Wildman–Crippen MR) is 112 cm³/mol. The molecule has 4 rings (SSSR count). The largest absolute Gasteiger partial charge is 0.204 e. The first kappa shape index (κ1) is 19.6. The van der Waals surface area contributed by atoms with Crippen molar-refractivity contribution in [2.75, 3.05) is 0 Å². The highest BCUT2D eigenvalue weighted by Crippen LogP contribution is 2.44. The summed E-state index contributed by atoms with van der Waals surface area (Å²) in [6.07, 6.45) is 12.5. The van der Waals surface area contributed by atoms with Crippen molar-refractivity contribution in [1.29, 1.82) is 0 Å². The average Bonchev–Trinajstić information content (AvgIpc) is 2.76. The molecular formula is C26H32F2. The molecule has 2 fully saturated rings. The lowest BCUT2D eigenvalue weighted by atomic mass is 9.68. The fourth-order valence-electron chi connectivity index (χ4n) is 5.62. The van der Waals surface area contributed by atoms with E-state index >= 15 is 0 Å². The number of hydrogen-bond donors (Lipinski definition) is 0. The van der Waals surface area contributed by atoms with Crippen LogP contribution in [0, 0.1) is 29.4 Å². The lowest BCUT2D eigenvalue weighted by Gasteiger charge is -2.38. The van der Waals surface area contributed by atoms with E-state index in [0.717, 1.165) is 28.9 Å². The van der Waals surface area contributed by atoms with Crippen LogP contribution in [-0.2, 0) is 0 Å². The van der Waals surface area contributed by atoms with Crippen molar-refractivity contribution in [3.05, 3.63) is 59.7 Å². The molecule has 150 valence electrons. The molecule has 0 bridgehead atoms. The van der Waals surface area contributed by atoms with E-state index in [1.807, 2.05) is 0 Å². The Balaban J connectivity index is 1.34. The van der Waals surface area contributed by atoms with Crippen LogP contribution in [0.2, 0.25) is 0 Å². The second-order valence-electron chi connectivity index (χ2n) is 9.05. The van der Waals surface area contributed by atoms with E-state index in [0.29, 0.717) is 5.92 Å². The van der Waals surface area contributed by atoms with Crippen LogP contribution in [0.1, 0.15) is 76.2 Å². The summed E-state index contributed by atoms with van der Waals surface area (Å²) in [6.45, 7) is 2.34. The van der Waals surface area contributed by atoms with Crippen LogP contribution in [0.3, 0.4) is 0 Å². The van der Waals surface area contributed by atoms with Gasteiger partial charge >= 0.3 is 0 Å². The van der Waals surface area contributed by atoms with E-state index in [2.05, 4.69) is 31.2 Å². The average molecular weight is 383 g/mol. The van der Waals surface area contributed by atoms with E-state index < -0.39 is 11.6 Å². The Kier molecular flexibility index (Phi) is 6.13. The predicted octanol–water partition coefficient (Wildman–Crippen LogP) is 8.12. The summed E-state index contributed by atoms with van der Waals surface area (Å²) in [4.78, 5) is 0. The van der Waals surface area contributed by atoms with Gasteiger partial charge in [0.25, 0.3) is 0 Å². The molecule has 2 aliphatic rings. The molecule has 28 heavy (non-hydrogen) atoms. The molecule has 0 atom stereocenters. The van der Waals surface area contributed by atoms with Gasteiger partial charge in [0.2, 0.25) is 0 Å². The first-order valence-corrected chi connectivity index (χ1v) is 11.2. The molecule has 2 aromatic rings. The van der Waals surface area contributed by atoms with Crippen LogP contribution >= 0.6 is 0 Å². The van der Waals surface area contributed by atoms with Gasteiger partial charge in [0, 0.05) is 0 Å². The Morgan fingerprint density at radius 1 is 0.679 bits per heavy atom. The molecule has 0 amide bonds. The van der Waals surface area contributed by atoms with Crippen molar-refractivity contribution >= 4 is 0 Å². The number of hydrogen-bond acceptors (Lipinski definition) is 0. The topological polar surface area (TPSA) is 0 Å². The summed E-state index contributed by atoms with van der Waals surface area (Å²) in [6, 6.07) is 12.6. The maximum absolute atomic E-state index is 13.5. The van der Waals surface area contributed by atoms with Crippen molar-refractivity contribution in [3.63, 3.8) is 0 Å². The zero-order chi connectivity index (χ0) is 19.5. The van der Waals surface area contributed by atoms with Crippen molar-refractivity contribution in [3.8, 4) is 11.1 Å². The lowest BCUT2D eigenvalue weighted by molar-refractivity contribution is 0.158. The Hall–Kier alpha value is -1.70. The SMILES string of the molecule is CCC1CCC(C2CCC(c3ccc(-c4ccc(F)c(F)c4)cc3)CC2)CC1. The number of halogens is 2. The molecule has 0 saturated heterocycles. The first-order chi connectivity index (χ1) is 13.6. The minimum absolute atomic E-state index is 0.655. The number of benzene rings is 2. The minimum atomic E-state index is -0.791. The van der Waals surface area contributed by atoms with Gasteiger partial charge in [-0.25, -0.2) is 8.78 Å². The van der Waals surface area contributed by atoms with E-state index in [9.17, 15) is 8.78 Å². The highest BCUT2D eigenvalue weighted by molar-refractivity contribution is 5.63. The first-order valence-electron chi connectivity index (χ1n) is 11.2. The maximum Gasteiger partial charge on any atom is 0.159 e. The van der Waals surface area contributed by atoms with Crippen molar-refractivity contribution in [2.45, 2.75) is 70.6 Å². The highest BCUT2D eigenvalue weighted by Gasteiger charge is 2.30. The van der Waals surface area contributed by atoms with Crippen LogP contribution in [-0.4, -0.2) is 0 Å². The highest BCUT2D eigenvalue weighted by atomic mass is 19.2. The molecule has 0 aliphatic heterocycles. The van der Waals surface area contributed by atoms with Crippen molar-refractivity contribution in [2.24, 2.45) is 17.8 Å². The summed E-state index contributed by atoms with van der Waals surface area (Å²) in [5.74, 6) is 1.98. The van der Waals surface area contributed by atoms with E-state index in [1.54, 1.807) is 6.07 Å². The number of rotatable bonds is 4. The van der Waals surface area contributed by atoms with Crippen LogP contribution < -0.4 is 0 Å². The third-order valence-corrected chi connectivity index (χ3v) is 7.54. The van der Waals surface area contributed by atoms with E-state index in [1.165, 1.54) is 75.5 Å². The molecule has 0 aromatic heterocycles. The molecule has 2 saturated carbocycles. The van der Waals surface area contributed by atoms with Crippen molar-refractivity contribution in [1.82, 2.24) is 0 Å². The van der Waals surface area contributed by atoms with Gasteiger partial charge in [0.05, 0.1) is 0 Å².